The number of benzene rings is 2. The molecule has 286 valence electrons. The number of nitrogens with two attached hydrogens (primary N) is 1. The summed E-state index contributed by atoms with van der Waals surface area (Å²) in [5, 5.41) is 0. The van der Waals surface area contributed by atoms with E-state index in [1.165, 1.54) is 20.8 Å². The fraction of sp³-hybridized carbons (Fsp3) is 0.467. The molecular weight excluding hydrogens is 729 g/mol. The molecule has 2 aromatic carbocycles. The molecule has 2 N–H and O–H groups in total. The van der Waals surface area contributed by atoms with E-state index in [9.17, 15) is 76.3 Å². The maximum Gasteiger partial charge on any atom is 0.458 e. The Morgan fingerprint density at radius 3 is 1.25 bits per heavy atom. The Labute approximate surface area is 281 Å². The molecule has 2 aromatic rings. The first-order chi connectivity index (χ1) is 23.0. The molecule has 0 aliphatic heterocycles. The second-order valence-electron chi connectivity index (χ2n) is 10.6. The lowest BCUT2D eigenvalue weighted by atomic mass is 10.0. The predicted octanol–water partition coefficient (Wildman–Crippen LogP) is 6.59. The average Bonchev–Trinajstić information content (AvgIpc) is 3.00. The first kappa shape index (κ1) is 44.4. The molecule has 0 radical (unpaired) electrons. The number of hydrogen-bond donors (Lipinski definition) is 1. The smallest absolute Gasteiger partial charge is 0.449 e. The van der Waals surface area contributed by atoms with Gasteiger partial charge in [0, 0.05) is 37.3 Å². The van der Waals surface area contributed by atoms with Crippen molar-refractivity contribution in [2.75, 3.05) is 19.7 Å². The minimum atomic E-state index is -5.80. The summed E-state index contributed by atoms with van der Waals surface area (Å²) < 4.78 is 168. The maximum absolute atomic E-state index is 13.4. The van der Waals surface area contributed by atoms with E-state index >= 15 is 0 Å². The van der Waals surface area contributed by atoms with Gasteiger partial charge >= 0.3 is 54.1 Å². The third-order valence-electron chi connectivity index (χ3n) is 6.93. The number of carbonyl (C=O) groups excluding carboxylic acids is 4. The highest BCUT2D eigenvalue weighted by Gasteiger charge is 2.59. The van der Waals surface area contributed by atoms with Crippen LogP contribution in [-0.4, -0.2) is 71.7 Å². The number of halogens is 13. The summed E-state index contributed by atoms with van der Waals surface area (Å²) in [5.74, 6) is -15.4. The Bertz CT molecular complexity index is 1570. The Morgan fingerprint density at radius 2 is 0.980 bits per heavy atom. The minimum Gasteiger partial charge on any atom is -0.449 e. The molecule has 0 unspecified atom stereocenters. The van der Waals surface area contributed by atoms with Crippen LogP contribution in [0.3, 0.4) is 0 Å². The quantitative estimate of drug-likeness (QED) is 0.177. The Hall–Kier alpha value is -4.59. The molecule has 0 fully saturated rings. The largest absolute Gasteiger partial charge is 0.458 e. The van der Waals surface area contributed by atoms with Gasteiger partial charge in [-0.3, -0.25) is 14.4 Å². The second kappa shape index (κ2) is 16.6. The van der Waals surface area contributed by atoms with E-state index in [4.69, 9.17) is 5.73 Å². The number of ether oxygens (including phenoxy) is 1. The Balaban J connectivity index is 0.000000520. The number of esters is 1. The third-order valence-corrected chi connectivity index (χ3v) is 6.93. The lowest BCUT2D eigenvalue weighted by molar-refractivity contribution is -0.289. The van der Waals surface area contributed by atoms with Crippen LogP contribution in [0, 0.1) is 13.8 Å². The predicted molar refractivity (Wildman–Crippen MR) is 151 cm³/mol. The zero-order valence-electron chi connectivity index (χ0n) is 26.9. The van der Waals surface area contributed by atoms with E-state index in [-0.39, 0.29) is 36.3 Å². The van der Waals surface area contributed by atoms with Gasteiger partial charge in [-0.1, -0.05) is 24.3 Å². The molecule has 0 heterocycles. The highest BCUT2D eigenvalue weighted by molar-refractivity contribution is 6.34. The van der Waals surface area contributed by atoms with E-state index in [1.54, 1.807) is 6.92 Å². The maximum atomic E-state index is 13.4. The van der Waals surface area contributed by atoms with Crippen molar-refractivity contribution in [1.29, 1.82) is 0 Å². The van der Waals surface area contributed by atoms with E-state index in [1.807, 2.05) is 0 Å². The zero-order chi connectivity index (χ0) is 39.9. The molecule has 51 heavy (non-hydrogen) atoms. The summed E-state index contributed by atoms with van der Waals surface area (Å²) >= 11 is 0. The molecule has 21 heteroatoms. The molecule has 0 aliphatic carbocycles. The number of rotatable bonds is 9. The van der Waals surface area contributed by atoms with Gasteiger partial charge in [-0.2, -0.15) is 57.1 Å². The number of aryl methyl sites for hydroxylation is 2. The first-order valence-electron chi connectivity index (χ1n) is 14.2. The molecule has 0 saturated heterocycles. The van der Waals surface area contributed by atoms with Gasteiger partial charge in [0.25, 0.3) is 0 Å². The van der Waals surface area contributed by atoms with Crippen LogP contribution < -0.4 is 5.73 Å². The first-order valence-corrected chi connectivity index (χ1v) is 14.2. The number of hydrogen-bond acceptors (Lipinski definition) is 5. The van der Waals surface area contributed by atoms with Crippen LogP contribution in [0.5, 0.6) is 0 Å². The monoisotopic (exact) mass is 759 g/mol. The van der Waals surface area contributed by atoms with Crippen molar-refractivity contribution in [1.82, 2.24) is 9.80 Å². The zero-order valence-corrected chi connectivity index (χ0v) is 26.9. The number of amides is 3. The van der Waals surface area contributed by atoms with Crippen molar-refractivity contribution in [3.63, 3.8) is 0 Å². The van der Waals surface area contributed by atoms with Crippen LogP contribution in [0.25, 0.3) is 0 Å². The van der Waals surface area contributed by atoms with Crippen molar-refractivity contribution >= 4 is 23.7 Å². The van der Waals surface area contributed by atoms with E-state index < -0.39 is 78.3 Å². The van der Waals surface area contributed by atoms with Crippen molar-refractivity contribution in [2.24, 2.45) is 5.73 Å². The van der Waals surface area contributed by atoms with E-state index in [0.29, 0.717) is 29.8 Å². The average molecular weight is 760 g/mol. The van der Waals surface area contributed by atoms with Gasteiger partial charge in [0.15, 0.2) is 6.61 Å². The van der Waals surface area contributed by atoms with Crippen LogP contribution in [0.1, 0.15) is 47.2 Å². The minimum absolute atomic E-state index is 0.0312. The van der Waals surface area contributed by atoms with Gasteiger partial charge in [0.2, 0.25) is 0 Å². The molecule has 8 nitrogen and oxygen atoms in total. The summed E-state index contributed by atoms with van der Waals surface area (Å²) in [6.45, 7) is 3.00. The summed E-state index contributed by atoms with van der Waals surface area (Å²) in [6.07, 6.45) is -16.3. The second-order valence-corrected chi connectivity index (χ2v) is 10.6. The number of primary amides is 1. The standard InChI is InChI=1S/C16H15F8NO3.C14H15F5N2O2/c1-3-25(12(26)13(27)28-8-14(17,18)19)7-10-4-5-11(6-9(10)2)15(20,21)16(22,23)24;1-3-21(12(23)11(20)22)7-9-4-5-10(6-8(9)2)13(15,16)14(17,18)19/h4-6H,3,7-8H2,1-2H3;4-6H,3,7H2,1-2H3,(H2,20,22). The molecule has 3 amide bonds. The summed E-state index contributed by atoms with van der Waals surface area (Å²) in [4.78, 5) is 47.5. The van der Waals surface area contributed by atoms with Gasteiger partial charge in [-0.25, -0.2) is 4.79 Å². The third kappa shape index (κ3) is 11.7. The van der Waals surface area contributed by atoms with Crippen molar-refractivity contribution in [3.8, 4) is 0 Å². The molecule has 0 bridgehead atoms. The molecule has 0 atom stereocenters. The van der Waals surface area contributed by atoms with Gasteiger partial charge in [0.1, 0.15) is 0 Å². The Morgan fingerprint density at radius 1 is 0.627 bits per heavy atom. The number of nitrogens with zero attached hydrogens (tertiary/aromatic N) is 2. The van der Waals surface area contributed by atoms with Crippen LogP contribution in [0.2, 0.25) is 0 Å². The fourth-order valence-corrected chi connectivity index (χ4v) is 4.02. The van der Waals surface area contributed by atoms with Crippen LogP contribution in [0.4, 0.5) is 57.1 Å². The summed E-state index contributed by atoms with van der Waals surface area (Å²) in [6, 6.07) is 4.46. The van der Waals surface area contributed by atoms with Gasteiger partial charge in [-0.15, -0.1) is 0 Å². The highest BCUT2D eigenvalue weighted by Crippen LogP contribution is 2.45. The molecule has 0 spiro atoms. The number of carbonyl (C=O) groups is 4. The molecule has 0 saturated carbocycles. The van der Waals surface area contributed by atoms with Crippen LogP contribution in [0.15, 0.2) is 36.4 Å². The van der Waals surface area contributed by atoms with Crippen molar-refractivity contribution in [3.05, 3.63) is 69.8 Å². The topological polar surface area (TPSA) is 110 Å². The molecular formula is C30H30F13N3O5. The van der Waals surface area contributed by atoms with Gasteiger partial charge in [0.05, 0.1) is 0 Å². The fourth-order valence-electron chi connectivity index (χ4n) is 4.02. The normalized spacial score (nSPS) is 12.4. The molecule has 0 aromatic heterocycles. The lowest BCUT2D eigenvalue weighted by Gasteiger charge is -2.23. The summed E-state index contributed by atoms with van der Waals surface area (Å²) in [5.41, 5.74) is 2.96. The number of likely N-dealkylation sites (N-methyl/N-ethyl adjacent to an activating group) is 2. The molecule has 0 aliphatic rings. The van der Waals surface area contributed by atoms with Gasteiger partial charge in [-0.05, 0) is 62.1 Å². The van der Waals surface area contributed by atoms with Crippen LogP contribution in [-0.2, 0) is 48.8 Å². The van der Waals surface area contributed by atoms with Crippen molar-refractivity contribution < 1.29 is 81.0 Å². The van der Waals surface area contributed by atoms with E-state index in [2.05, 4.69) is 4.74 Å². The SMILES string of the molecule is CCN(Cc1ccc(C(F)(F)C(F)(F)F)cc1C)C(=O)C(=O)OCC(F)(F)F.CCN(Cc1ccc(C(F)(F)C(F)(F)F)cc1C)C(=O)C(N)=O. The van der Waals surface area contributed by atoms with Crippen molar-refractivity contribution in [2.45, 2.75) is 71.2 Å². The van der Waals surface area contributed by atoms with E-state index in [0.717, 1.165) is 21.9 Å². The van der Waals surface area contributed by atoms with Gasteiger partial charge < -0.3 is 20.3 Å². The lowest BCUT2D eigenvalue weighted by Crippen LogP contribution is -2.39. The molecule has 2 rings (SSSR count). The number of alkyl halides is 13. The highest BCUT2D eigenvalue weighted by atomic mass is 19.4. The summed E-state index contributed by atoms with van der Waals surface area (Å²) in [7, 11) is 0. The van der Waals surface area contributed by atoms with Crippen LogP contribution >= 0.6 is 0 Å². The Kier molecular flexibility index (Phi) is 14.5.